The second kappa shape index (κ2) is 9.96. The van der Waals surface area contributed by atoms with E-state index in [1.165, 1.54) is 45.6 Å². The van der Waals surface area contributed by atoms with Gasteiger partial charge in [0.15, 0.2) is 4.90 Å². The number of carbonyl (C=O) groups excluding carboxylic acids is 1. The SMILES string of the molecule is COc1cc(C(=O)NS(=O)(=O)c2c(OC)cccc2OC)ccc1COc1ncccn1. The van der Waals surface area contributed by atoms with Gasteiger partial charge in [-0.2, -0.15) is 0 Å². The first kappa shape index (κ1) is 22.8. The summed E-state index contributed by atoms with van der Waals surface area (Å²) in [5.41, 5.74) is 0.685. The molecule has 3 rings (SSSR count). The summed E-state index contributed by atoms with van der Waals surface area (Å²) in [7, 11) is -0.232. The molecule has 0 aliphatic heterocycles. The van der Waals surface area contributed by atoms with Crippen LogP contribution in [0.15, 0.2) is 59.8 Å². The number of nitrogens with one attached hydrogen (secondary N) is 1. The average molecular weight is 459 g/mol. The summed E-state index contributed by atoms with van der Waals surface area (Å²) in [5.74, 6) is -0.438. The highest BCUT2D eigenvalue weighted by atomic mass is 32.2. The van der Waals surface area contributed by atoms with E-state index in [4.69, 9.17) is 18.9 Å². The lowest BCUT2D eigenvalue weighted by Gasteiger charge is -2.15. The fourth-order valence-electron chi connectivity index (χ4n) is 2.82. The van der Waals surface area contributed by atoms with Crippen molar-refractivity contribution in [1.29, 1.82) is 0 Å². The lowest BCUT2D eigenvalue weighted by Crippen LogP contribution is -2.31. The Morgan fingerprint density at radius 3 is 2.12 bits per heavy atom. The molecule has 0 bridgehead atoms. The number of sulfonamides is 1. The predicted molar refractivity (Wildman–Crippen MR) is 114 cm³/mol. The Kier molecular flexibility index (Phi) is 7.11. The van der Waals surface area contributed by atoms with Gasteiger partial charge >= 0.3 is 6.01 Å². The van der Waals surface area contributed by atoms with Gasteiger partial charge in [0.2, 0.25) is 0 Å². The lowest BCUT2D eigenvalue weighted by molar-refractivity contribution is 0.0981. The van der Waals surface area contributed by atoms with Gasteiger partial charge in [-0.05, 0) is 30.3 Å². The van der Waals surface area contributed by atoms with E-state index in [1.807, 2.05) is 4.72 Å². The first-order chi connectivity index (χ1) is 15.4. The Hall–Kier alpha value is -3.86. The van der Waals surface area contributed by atoms with Crippen LogP contribution in [0.4, 0.5) is 0 Å². The number of benzene rings is 2. The Bertz CT molecular complexity index is 1180. The highest BCUT2D eigenvalue weighted by Crippen LogP contribution is 2.33. The van der Waals surface area contributed by atoms with Crippen molar-refractivity contribution in [3.05, 3.63) is 66.0 Å². The van der Waals surface area contributed by atoms with Gasteiger partial charge in [0, 0.05) is 23.5 Å². The molecule has 1 heterocycles. The number of hydrogen-bond acceptors (Lipinski definition) is 9. The number of nitrogens with zero attached hydrogens (tertiary/aromatic N) is 2. The molecule has 0 spiro atoms. The predicted octanol–water partition coefficient (Wildman–Crippen LogP) is 2.20. The van der Waals surface area contributed by atoms with Crippen molar-refractivity contribution in [2.24, 2.45) is 0 Å². The van der Waals surface area contributed by atoms with Crippen LogP contribution in [0, 0.1) is 0 Å². The van der Waals surface area contributed by atoms with Gasteiger partial charge in [-0.15, -0.1) is 0 Å². The zero-order valence-electron chi connectivity index (χ0n) is 17.6. The second-order valence-electron chi connectivity index (χ2n) is 6.27. The fraction of sp³-hybridized carbons (Fsp3) is 0.190. The third kappa shape index (κ3) is 5.06. The molecule has 11 heteroatoms. The maximum Gasteiger partial charge on any atom is 0.316 e. The normalized spacial score (nSPS) is 10.8. The van der Waals surface area contributed by atoms with Gasteiger partial charge in [0.1, 0.15) is 23.9 Å². The van der Waals surface area contributed by atoms with Crippen molar-refractivity contribution < 1.29 is 32.2 Å². The summed E-state index contributed by atoms with van der Waals surface area (Å²) in [5, 5.41) is 0. The molecule has 168 valence electrons. The standard InChI is InChI=1S/C21H21N3O7S/c1-28-16-6-4-7-17(29-2)19(16)32(26,27)24-20(25)14-8-9-15(18(12-14)30-3)13-31-21-22-10-5-11-23-21/h4-12H,13H2,1-3H3,(H,24,25). The zero-order chi connectivity index (χ0) is 23.1. The molecular formula is C21H21N3O7S. The number of methoxy groups -OCH3 is 3. The van der Waals surface area contributed by atoms with Gasteiger partial charge in [0.25, 0.3) is 15.9 Å². The zero-order valence-corrected chi connectivity index (χ0v) is 18.4. The van der Waals surface area contributed by atoms with E-state index in [0.717, 1.165) is 0 Å². The van der Waals surface area contributed by atoms with Crippen molar-refractivity contribution >= 4 is 15.9 Å². The summed E-state index contributed by atoms with van der Waals surface area (Å²) >= 11 is 0. The fourth-order valence-corrected chi connectivity index (χ4v) is 4.12. The minimum absolute atomic E-state index is 0.0397. The maximum absolute atomic E-state index is 12.9. The van der Waals surface area contributed by atoms with Crippen LogP contribution in [0.25, 0.3) is 0 Å². The molecule has 1 N–H and O–H groups in total. The monoisotopic (exact) mass is 459 g/mol. The summed E-state index contributed by atoms with van der Waals surface area (Å²) < 4.78 is 48.9. The Morgan fingerprint density at radius 2 is 1.53 bits per heavy atom. The molecule has 1 amide bonds. The highest BCUT2D eigenvalue weighted by molar-refractivity contribution is 7.90. The first-order valence-electron chi connectivity index (χ1n) is 9.24. The van der Waals surface area contributed by atoms with Gasteiger partial charge < -0.3 is 18.9 Å². The molecule has 0 saturated carbocycles. The van der Waals surface area contributed by atoms with Crippen LogP contribution >= 0.6 is 0 Å². The largest absolute Gasteiger partial charge is 0.496 e. The Morgan fingerprint density at radius 1 is 0.906 bits per heavy atom. The molecule has 3 aromatic rings. The molecular weight excluding hydrogens is 438 g/mol. The van der Waals surface area contributed by atoms with E-state index in [-0.39, 0.29) is 34.6 Å². The van der Waals surface area contributed by atoms with Crippen LogP contribution in [0.3, 0.4) is 0 Å². The number of hydrogen-bond donors (Lipinski definition) is 1. The summed E-state index contributed by atoms with van der Waals surface area (Å²) in [4.78, 5) is 20.4. The van der Waals surface area contributed by atoms with Crippen LogP contribution in [-0.4, -0.2) is 45.6 Å². The maximum atomic E-state index is 12.9. The van der Waals surface area contributed by atoms with E-state index >= 15 is 0 Å². The number of rotatable bonds is 9. The van der Waals surface area contributed by atoms with E-state index in [1.54, 1.807) is 30.6 Å². The average Bonchev–Trinajstić information content (AvgIpc) is 2.82. The van der Waals surface area contributed by atoms with Crippen LogP contribution in [0.2, 0.25) is 0 Å². The van der Waals surface area contributed by atoms with Crippen LogP contribution in [0.5, 0.6) is 23.3 Å². The number of carbonyl (C=O) groups is 1. The number of amides is 1. The van der Waals surface area contributed by atoms with E-state index in [9.17, 15) is 13.2 Å². The number of ether oxygens (including phenoxy) is 4. The van der Waals surface area contributed by atoms with Crippen molar-refractivity contribution in [3.63, 3.8) is 0 Å². The third-order valence-corrected chi connectivity index (χ3v) is 5.72. The molecule has 0 fully saturated rings. The van der Waals surface area contributed by atoms with E-state index in [0.29, 0.717) is 11.3 Å². The van der Waals surface area contributed by atoms with Crippen molar-refractivity contribution in [2.75, 3.05) is 21.3 Å². The van der Waals surface area contributed by atoms with Crippen molar-refractivity contribution in [2.45, 2.75) is 11.5 Å². The Balaban J connectivity index is 1.82. The Labute approximate surface area is 185 Å². The van der Waals surface area contributed by atoms with Crippen molar-refractivity contribution in [1.82, 2.24) is 14.7 Å². The molecule has 0 atom stereocenters. The molecule has 0 saturated heterocycles. The molecule has 10 nitrogen and oxygen atoms in total. The minimum atomic E-state index is -4.30. The van der Waals surface area contributed by atoms with Gasteiger partial charge in [-0.1, -0.05) is 12.1 Å². The third-order valence-electron chi connectivity index (χ3n) is 4.33. The summed E-state index contributed by atoms with van der Waals surface area (Å²) in [6, 6.07) is 10.8. The molecule has 0 radical (unpaired) electrons. The van der Waals surface area contributed by atoms with Gasteiger partial charge in [-0.25, -0.2) is 23.1 Å². The molecule has 2 aromatic carbocycles. The molecule has 32 heavy (non-hydrogen) atoms. The topological polar surface area (TPSA) is 126 Å². The lowest BCUT2D eigenvalue weighted by atomic mass is 10.1. The van der Waals surface area contributed by atoms with Gasteiger partial charge in [0.05, 0.1) is 21.3 Å². The van der Waals surface area contributed by atoms with Crippen molar-refractivity contribution in [3.8, 4) is 23.3 Å². The minimum Gasteiger partial charge on any atom is -0.496 e. The smallest absolute Gasteiger partial charge is 0.316 e. The van der Waals surface area contributed by atoms with E-state index in [2.05, 4.69) is 9.97 Å². The summed E-state index contributed by atoms with van der Waals surface area (Å²) in [6.07, 6.45) is 3.09. The second-order valence-corrected chi connectivity index (χ2v) is 7.89. The van der Waals surface area contributed by atoms with Crippen LogP contribution in [-0.2, 0) is 16.6 Å². The highest BCUT2D eigenvalue weighted by Gasteiger charge is 2.27. The first-order valence-corrected chi connectivity index (χ1v) is 10.7. The molecule has 1 aromatic heterocycles. The number of aromatic nitrogens is 2. The van der Waals surface area contributed by atoms with E-state index < -0.39 is 15.9 Å². The van der Waals surface area contributed by atoms with Crippen LogP contribution < -0.4 is 23.7 Å². The summed E-state index contributed by atoms with van der Waals surface area (Å²) in [6.45, 7) is 0.0891. The molecule has 0 aliphatic rings. The van der Waals surface area contributed by atoms with Gasteiger partial charge in [-0.3, -0.25) is 4.79 Å². The van der Waals surface area contributed by atoms with Crippen LogP contribution in [0.1, 0.15) is 15.9 Å². The quantitative estimate of drug-likeness (QED) is 0.512. The molecule has 0 unspecified atom stereocenters. The molecule has 0 aliphatic carbocycles.